The van der Waals surface area contributed by atoms with Crippen LogP contribution in [0, 0.1) is 6.92 Å². The fourth-order valence-corrected chi connectivity index (χ4v) is 6.90. The summed E-state index contributed by atoms with van der Waals surface area (Å²) in [6, 6.07) is 17.2. The molecule has 2 heterocycles. The lowest BCUT2D eigenvalue weighted by molar-refractivity contribution is -0.136. The molecule has 8 nitrogen and oxygen atoms in total. The largest absolute Gasteiger partial charge is 0.481 e. The van der Waals surface area contributed by atoms with Gasteiger partial charge in [-0.05, 0) is 53.1 Å². The van der Waals surface area contributed by atoms with Crippen LogP contribution in [-0.2, 0) is 31.3 Å². The van der Waals surface area contributed by atoms with Gasteiger partial charge >= 0.3 is 5.97 Å². The van der Waals surface area contributed by atoms with Gasteiger partial charge < -0.3 is 5.11 Å². The van der Waals surface area contributed by atoms with E-state index in [9.17, 15) is 21.6 Å². The Morgan fingerprint density at radius 3 is 1.85 bits per heavy atom. The number of benzene rings is 4. The molecule has 2 aliphatic rings. The summed E-state index contributed by atoms with van der Waals surface area (Å²) in [5.41, 5.74) is 2.90. The zero-order chi connectivity index (χ0) is 23.5. The number of hydrogen-bond donors (Lipinski definition) is 3. The van der Waals surface area contributed by atoms with Crippen LogP contribution in [0.2, 0.25) is 0 Å². The second kappa shape index (κ2) is 7.19. The average molecular weight is 483 g/mol. The van der Waals surface area contributed by atoms with Gasteiger partial charge in [0.1, 0.15) is 0 Å². The van der Waals surface area contributed by atoms with E-state index in [-0.39, 0.29) is 11.3 Å². The van der Waals surface area contributed by atoms with Gasteiger partial charge in [-0.25, -0.2) is 16.8 Å². The first-order valence-corrected chi connectivity index (χ1v) is 12.9. The number of carboxylic acids is 1. The Kier molecular flexibility index (Phi) is 4.62. The number of sulfonamides is 2. The van der Waals surface area contributed by atoms with E-state index in [4.69, 9.17) is 5.11 Å². The van der Waals surface area contributed by atoms with Crippen LogP contribution >= 0.6 is 0 Å². The first kappa shape index (κ1) is 21.2. The third-order valence-electron chi connectivity index (χ3n) is 5.72. The standard InChI is InChI=1S/C12H9NO4S.C11H9NO2S/c14-11(15)6-7-4-5-10-12-8(7)2-1-3-9(12)13-18(10,16)17;1-7-5-6-10-11-8(7)3-2-4-9(11)12-15(10,13)14/h1-5,13H,6H2,(H,14,15);2-6,12H,1H3. The van der Waals surface area contributed by atoms with Crippen LogP contribution in [0.4, 0.5) is 11.4 Å². The highest BCUT2D eigenvalue weighted by atomic mass is 32.2. The molecular weight excluding hydrogens is 464 g/mol. The van der Waals surface area contributed by atoms with Gasteiger partial charge in [-0.2, -0.15) is 0 Å². The van der Waals surface area contributed by atoms with Crippen molar-refractivity contribution in [3.8, 4) is 0 Å². The van der Waals surface area contributed by atoms with Crippen molar-refractivity contribution >= 4 is 58.9 Å². The molecule has 0 radical (unpaired) electrons. The molecular formula is C23H18N2O6S2. The van der Waals surface area contributed by atoms with E-state index < -0.39 is 26.0 Å². The molecule has 0 aliphatic carbocycles. The lowest BCUT2D eigenvalue weighted by Gasteiger charge is -2.04. The summed E-state index contributed by atoms with van der Waals surface area (Å²) in [5.74, 6) is -0.940. The van der Waals surface area contributed by atoms with Crippen LogP contribution in [0.5, 0.6) is 0 Å². The lowest BCUT2D eigenvalue weighted by Crippen LogP contribution is -2.06. The second-order valence-corrected chi connectivity index (χ2v) is 11.1. The minimum atomic E-state index is -3.50. The van der Waals surface area contributed by atoms with Gasteiger partial charge in [0.2, 0.25) is 0 Å². The Morgan fingerprint density at radius 2 is 1.27 bits per heavy atom. The highest BCUT2D eigenvalue weighted by Crippen LogP contribution is 2.39. The molecule has 2 aliphatic heterocycles. The fourth-order valence-electron chi connectivity index (χ4n) is 4.29. The Morgan fingerprint density at radius 1 is 0.758 bits per heavy atom. The van der Waals surface area contributed by atoms with Gasteiger partial charge in [0.05, 0.1) is 27.6 Å². The fraction of sp³-hybridized carbons (Fsp3) is 0.0870. The number of hydrogen-bond acceptors (Lipinski definition) is 5. The molecule has 4 aromatic rings. The summed E-state index contributed by atoms with van der Waals surface area (Å²) in [7, 11) is -6.82. The molecule has 0 fully saturated rings. The van der Waals surface area contributed by atoms with Crippen molar-refractivity contribution in [3.05, 3.63) is 71.8 Å². The molecule has 0 saturated carbocycles. The van der Waals surface area contributed by atoms with E-state index in [2.05, 4.69) is 9.44 Å². The Balaban J connectivity index is 0.000000140. The van der Waals surface area contributed by atoms with E-state index in [1.54, 1.807) is 36.4 Å². The molecule has 0 bridgehead atoms. The van der Waals surface area contributed by atoms with Crippen molar-refractivity contribution in [2.45, 2.75) is 23.1 Å². The molecule has 0 spiro atoms. The van der Waals surface area contributed by atoms with Crippen LogP contribution in [0.25, 0.3) is 21.5 Å². The topological polar surface area (TPSA) is 130 Å². The molecule has 3 N–H and O–H groups in total. The van der Waals surface area contributed by atoms with E-state index in [1.807, 2.05) is 25.1 Å². The summed E-state index contributed by atoms with van der Waals surface area (Å²) in [5, 5.41) is 11.9. The summed E-state index contributed by atoms with van der Waals surface area (Å²) in [4.78, 5) is 11.4. The first-order chi connectivity index (χ1) is 15.6. The smallest absolute Gasteiger partial charge is 0.307 e. The van der Waals surface area contributed by atoms with Crippen molar-refractivity contribution < 1.29 is 26.7 Å². The van der Waals surface area contributed by atoms with Gasteiger partial charge in [0.15, 0.2) is 0 Å². The maximum Gasteiger partial charge on any atom is 0.307 e. The van der Waals surface area contributed by atoms with Gasteiger partial charge in [0.25, 0.3) is 20.0 Å². The van der Waals surface area contributed by atoms with Crippen molar-refractivity contribution in [1.29, 1.82) is 0 Å². The number of nitrogens with one attached hydrogen (secondary N) is 2. The van der Waals surface area contributed by atoms with Gasteiger partial charge in [-0.1, -0.05) is 36.4 Å². The average Bonchev–Trinajstić information content (AvgIpc) is 3.17. The lowest BCUT2D eigenvalue weighted by atomic mass is 10.0. The number of carbonyl (C=O) groups is 1. The molecule has 0 unspecified atom stereocenters. The van der Waals surface area contributed by atoms with Crippen molar-refractivity contribution in [2.24, 2.45) is 0 Å². The molecule has 0 saturated heterocycles. The number of rotatable bonds is 2. The minimum Gasteiger partial charge on any atom is -0.481 e. The van der Waals surface area contributed by atoms with Crippen molar-refractivity contribution in [2.75, 3.05) is 9.44 Å². The molecule has 0 amide bonds. The first-order valence-electron chi connectivity index (χ1n) is 9.93. The van der Waals surface area contributed by atoms with Crippen LogP contribution in [-0.4, -0.2) is 27.9 Å². The summed E-state index contributed by atoms with van der Waals surface area (Å²) < 4.78 is 52.1. The molecule has 168 valence electrons. The van der Waals surface area contributed by atoms with E-state index in [0.29, 0.717) is 32.6 Å². The number of anilines is 2. The molecule has 10 heteroatoms. The summed E-state index contributed by atoms with van der Waals surface area (Å²) >= 11 is 0. The normalized spacial score (nSPS) is 16.0. The Labute approximate surface area is 190 Å². The summed E-state index contributed by atoms with van der Waals surface area (Å²) in [6.45, 7) is 1.98. The van der Waals surface area contributed by atoms with Crippen molar-refractivity contribution in [1.82, 2.24) is 0 Å². The van der Waals surface area contributed by atoms with Gasteiger partial charge in [0, 0.05) is 10.8 Å². The van der Waals surface area contributed by atoms with Gasteiger partial charge in [-0.15, -0.1) is 0 Å². The Hall–Kier alpha value is -3.63. The SMILES string of the molecule is Cc1ccc2c3c(cccc13)NS2(=O)=O.O=C(O)Cc1ccc2c3c(cccc13)NS2(=O)=O. The van der Waals surface area contributed by atoms with E-state index in [1.165, 1.54) is 6.07 Å². The predicted octanol–water partition coefficient (Wildman–Crippen LogP) is 3.84. The zero-order valence-corrected chi connectivity index (χ0v) is 18.9. The third kappa shape index (κ3) is 3.38. The summed E-state index contributed by atoms with van der Waals surface area (Å²) in [6.07, 6.45) is -0.125. The molecule has 4 aromatic carbocycles. The van der Waals surface area contributed by atoms with E-state index >= 15 is 0 Å². The molecule has 33 heavy (non-hydrogen) atoms. The monoisotopic (exact) mass is 482 g/mol. The predicted molar refractivity (Wildman–Crippen MR) is 126 cm³/mol. The van der Waals surface area contributed by atoms with Crippen molar-refractivity contribution in [3.63, 3.8) is 0 Å². The second-order valence-electron chi connectivity index (χ2n) is 7.84. The third-order valence-corrected chi connectivity index (χ3v) is 8.54. The van der Waals surface area contributed by atoms with Crippen LogP contribution in [0.3, 0.4) is 0 Å². The highest BCUT2D eigenvalue weighted by Gasteiger charge is 2.28. The molecule has 6 rings (SSSR count). The highest BCUT2D eigenvalue weighted by molar-refractivity contribution is 7.93. The van der Waals surface area contributed by atoms with Crippen LogP contribution in [0.1, 0.15) is 11.1 Å². The quantitative estimate of drug-likeness (QED) is 0.398. The van der Waals surface area contributed by atoms with Gasteiger partial charge in [-0.3, -0.25) is 14.2 Å². The maximum atomic E-state index is 11.8. The zero-order valence-electron chi connectivity index (χ0n) is 17.3. The Bertz CT molecular complexity index is 1710. The molecule has 0 aromatic heterocycles. The van der Waals surface area contributed by atoms with Crippen LogP contribution < -0.4 is 9.44 Å². The number of aryl methyl sites for hydroxylation is 1. The number of aliphatic carboxylic acids is 1. The maximum absolute atomic E-state index is 11.8. The number of carboxylic acid groups (broad SMARTS) is 1. The molecule has 0 atom stereocenters. The van der Waals surface area contributed by atoms with Crippen LogP contribution in [0.15, 0.2) is 70.5 Å². The van der Waals surface area contributed by atoms with E-state index in [0.717, 1.165) is 16.3 Å². The minimum absolute atomic E-state index is 0.125.